The molecule has 2 fully saturated rings. The van der Waals surface area contributed by atoms with E-state index in [2.05, 4.69) is 4.90 Å². The summed E-state index contributed by atoms with van der Waals surface area (Å²) < 4.78 is 24.1. The van der Waals surface area contributed by atoms with Crippen molar-refractivity contribution in [2.45, 2.75) is 30.6 Å². The summed E-state index contributed by atoms with van der Waals surface area (Å²) in [4.78, 5) is 12.5. The molecule has 1 heterocycles. The standard InChI is InChI=1S/C15H20N2O4S/c1-22(20,21)15-8-13(17(18)19)6-7-14(15)16-9-11-4-2-3-5-12(11)10-16/h6-8,11-12H,2-5,9-10H2,1H3/t11-,12-/m1/s1. The number of benzene rings is 1. The number of nitro groups is 1. The highest BCUT2D eigenvalue weighted by Gasteiger charge is 2.36. The highest BCUT2D eigenvalue weighted by molar-refractivity contribution is 7.90. The number of hydrogen-bond donors (Lipinski definition) is 0. The first kappa shape index (κ1) is 15.3. The van der Waals surface area contributed by atoms with Gasteiger partial charge < -0.3 is 4.90 Å². The zero-order chi connectivity index (χ0) is 15.9. The van der Waals surface area contributed by atoms with Crippen LogP contribution in [0.25, 0.3) is 0 Å². The maximum atomic E-state index is 12.1. The van der Waals surface area contributed by atoms with Crippen molar-refractivity contribution in [3.63, 3.8) is 0 Å². The lowest BCUT2D eigenvalue weighted by molar-refractivity contribution is -0.385. The Labute approximate surface area is 130 Å². The predicted octanol–water partition coefficient (Wildman–Crippen LogP) is 2.62. The lowest BCUT2D eigenvalue weighted by Gasteiger charge is -2.22. The van der Waals surface area contributed by atoms with E-state index in [0.29, 0.717) is 17.5 Å². The second kappa shape index (κ2) is 5.53. The lowest BCUT2D eigenvalue weighted by atomic mass is 9.82. The Bertz CT molecular complexity index is 687. The van der Waals surface area contributed by atoms with Gasteiger partial charge in [-0.05, 0) is 30.7 Å². The van der Waals surface area contributed by atoms with Gasteiger partial charge in [-0.1, -0.05) is 12.8 Å². The molecule has 1 aromatic carbocycles. The molecule has 3 rings (SSSR count). The fraction of sp³-hybridized carbons (Fsp3) is 0.600. The third kappa shape index (κ3) is 2.82. The first-order valence-corrected chi connectivity index (χ1v) is 9.49. The largest absolute Gasteiger partial charge is 0.370 e. The molecule has 0 spiro atoms. The molecule has 1 aliphatic carbocycles. The third-order valence-electron chi connectivity index (χ3n) is 4.87. The normalized spacial score (nSPS) is 25.0. The van der Waals surface area contributed by atoms with Crippen molar-refractivity contribution in [1.82, 2.24) is 0 Å². The van der Waals surface area contributed by atoms with E-state index in [0.717, 1.165) is 19.3 Å². The van der Waals surface area contributed by atoms with E-state index in [1.165, 1.54) is 37.8 Å². The van der Waals surface area contributed by atoms with E-state index < -0.39 is 14.8 Å². The number of sulfone groups is 1. The van der Waals surface area contributed by atoms with Gasteiger partial charge in [0.05, 0.1) is 15.5 Å². The Balaban J connectivity index is 1.98. The van der Waals surface area contributed by atoms with Gasteiger partial charge in [-0.3, -0.25) is 10.1 Å². The van der Waals surface area contributed by atoms with Gasteiger partial charge in [-0.25, -0.2) is 8.42 Å². The summed E-state index contributed by atoms with van der Waals surface area (Å²) in [5, 5.41) is 10.9. The van der Waals surface area contributed by atoms with Gasteiger partial charge in [0, 0.05) is 31.5 Å². The van der Waals surface area contributed by atoms with Crippen LogP contribution in [-0.2, 0) is 9.84 Å². The molecule has 0 aromatic heterocycles. The molecule has 1 aromatic rings. The molecule has 1 saturated heterocycles. The van der Waals surface area contributed by atoms with E-state index in [-0.39, 0.29) is 10.6 Å². The molecular weight excluding hydrogens is 304 g/mol. The monoisotopic (exact) mass is 324 g/mol. The Morgan fingerprint density at radius 3 is 2.27 bits per heavy atom. The average Bonchev–Trinajstić information content (AvgIpc) is 2.89. The Kier molecular flexibility index (Phi) is 3.84. The highest BCUT2D eigenvalue weighted by atomic mass is 32.2. The zero-order valence-corrected chi connectivity index (χ0v) is 13.4. The number of anilines is 1. The molecule has 7 heteroatoms. The minimum atomic E-state index is -3.51. The van der Waals surface area contributed by atoms with E-state index in [4.69, 9.17) is 0 Å². The average molecular weight is 324 g/mol. The molecule has 0 N–H and O–H groups in total. The van der Waals surface area contributed by atoms with E-state index >= 15 is 0 Å². The van der Waals surface area contributed by atoms with Gasteiger partial charge >= 0.3 is 0 Å². The van der Waals surface area contributed by atoms with E-state index in [1.807, 2.05) is 0 Å². The quantitative estimate of drug-likeness (QED) is 0.630. The highest BCUT2D eigenvalue weighted by Crippen LogP contribution is 2.40. The molecule has 0 amide bonds. The van der Waals surface area contributed by atoms with Crippen molar-refractivity contribution in [2.75, 3.05) is 24.2 Å². The van der Waals surface area contributed by atoms with Crippen molar-refractivity contribution < 1.29 is 13.3 Å². The van der Waals surface area contributed by atoms with Crippen LogP contribution in [0.5, 0.6) is 0 Å². The van der Waals surface area contributed by atoms with Crippen molar-refractivity contribution in [1.29, 1.82) is 0 Å². The Morgan fingerprint density at radius 1 is 1.18 bits per heavy atom. The van der Waals surface area contributed by atoms with E-state index in [1.54, 1.807) is 6.07 Å². The molecule has 6 nitrogen and oxygen atoms in total. The van der Waals surface area contributed by atoms with Crippen LogP contribution in [0.15, 0.2) is 23.1 Å². The molecular formula is C15H20N2O4S. The summed E-state index contributed by atoms with van der Waals surface area (Å²) in [5.74, 6) is 1.24. The van der Waals surface area contributed by atoms with Gasteiger partial charge in [0.25, 0.3) is 5.69 Å². The van der Waals surface area contributed by atoms with Gasteiger partial charge in [-0.2, -0.15) is 0 Å². The molecule has 22 heavy (non-hydrogen) atoms. The van der Waals surface area contributed by atoms with Gasteiger partial charge in [0.2, 0.25) is 0 Å². The van der Waals surface area contributed by atoms with Crippen molar-refractivity contribution in [2.24, 2.45) is 11.8 Å². The lowest BCUT2D eigenvalue weighted by Crippen LogP contribution is -2.22. The molecule has 2 atom stereocenters. The summed E-state index contributed by atoms with van der Waals surface area (Å²) in [5.41, 5.74) is 0.434. The van der Waals surface area contributed by atoms with Crippen LogP contribution in [0.3, 0.4) is 0 Å². The second-order valence-electron chi connectivity index (χ2n) is 6.39. The van der Waals surface area contributed by atoms with Crippen LogP contribution in [0.2, 0.25) is 0 Å². The Morgan fingerprint density at radius 2 is 1.77 bits per heavy atom. The van der Waals surface area contributed by atoms with Crippen LogP contribution < -0.4 is 4.90 Å². The SMILES string of the molecule is CS(=O)(=O)c1cc([N+](=O)[O-])ccc1N1C[C@H]2CCCC[C@@H]2C1. The zero-order valence-electron chi connectivity index (χ0n) is 12.6. The van der Waals surface area contributed by atoms with Crippen molar-refractivity contribution in [3.05, 3.63) is 28.3 Å². The maximum absolute atomic E-state index is 12.1. The van der Waals surface area contributed by atoms with Crippen LogP contribution in [0.4, 0.5) is 11.4 Å². The van der Waals surface area contributed by atoms with Crippen LogP contribution >= 0.6 is 0 Å². The Hall–Kier alpha value is -1.63. The molecule has 120 valence electrons. The van der Waals surface area contributed by atoms with Crippen molar-refractivity contribution in [3.8, 4) is 0 Å². The fourth-order valence-electron chi connectivity index (χ4n) is 3.78. The number of hydrogen-bond acceptors (Lipinski definition) is 5. The topological polar surface area (TPSA) is 80.5 Å². The first-order valence-electron chi connectivity index (χ1n) is 7.59. The number of nitrogens with zero attached hydrogens (tertiary/aromatic N) is 2. The number of non-ortho nitro benzene ring substituents is 1. The first-order chi connectivity index (χ1) is 10.4. The number of rotatable bonds is 3. The second-order valence-corrected chi connectivity index (χ2v) is 8.38. The van der Waals surface area contributed by atoms with Gasteiger partial charge in [0.1, 0.15) is 0 Å². The summed E-state index contributed by atoms with van der Waals surface area (Å²) in [6, 6.07) is 4.17. The summed E-state index contributed by atoms with van der Waals surface area (Å²) in [6.45, 7) is 1.70. The molecule has 0 unspecified atom stereocenters. The third-order valence-corrected chi connectivity index (χ3v) is 6.00. The summed E-state index contributed by atoms with van der Waals surface area (Å²) in [6.07, 6.45) is 5.99. The minimum Gasteiger partial charge on any atom is -0.370 e. The minimum absolute atomic E-state index is 0.0698. The van der Waals surface area contributed by atoms with Crippen LogP contribution in [-0.4, -0.2) is 32.7 Å². The fourth-order valence-corrected chi connectivity index (χ4v) is 4.69. The molecule has 0 bridgehead atoms. The summed E-state index contributed by atoms with van der Waals surface area (Å²) >= 11 is 0. The van der Waals surface area contributed by atoms with Crippen LogP contribution in [0, 0.1) is 22.0 Å². The smallest absolute Gasteiger partial charge is 0.270 e. The number of fused-ring (bicyclic) bond motifs is 1. The molecule has 2 aliphatic rings. The number of nitro benzene ring substituents is 1. The molecule has 1 aliphatic heterocycles. The van der Waals surface area contributed by atoms with Crippen LogP contribution in [0.1, 0.15) is 25.7 Å². The maximum Gasteiger partial charge on any atom is 0.270 e. The predicted molar refractivity (Wildman–Crippen MR) is 83.9 cm³/mol. The van der Waals surface area contributed by atoms with E-state index in [9.17, 15) is 18.5 Å². The van der Waals surface area contributed by atoms with Gasteiger partial charge in [-0.15, -0.1) is 0 Å². The van der Waals surface area contributed by atoms with Gasteiger partial charge in [0.15, 0.2) is 9.84 Å². The summed E-state index contributed by atoms with van der Waals surface area (Å²) in [7, 11) is -3.51. The molecule has 0 radical (unpaired) electrons. The van der Waals surface area contributed by atoms with Crippen molar-refractivity contribution >= 4 is 21.2 Å². The molecule has 1 saturated carbocycles.